The molecule has 0 bridgehead atoms. The molecule has 0 fully saturated rings. The van der Waals surface area contributed by atoms with Gasteiger partial charge in [0, 0.05) is 9.13 Å². The Hall–Kier alpha value is -1.18. The molecule has 0 radical (unpaired) electrons. The predicted octanol–water partition coefficient (Wildman–Crippen LogP) is 1.99. The number of nitrogens with zero attached hydrogens (tertiary/aromatic N) is 4. The van der Waals surface area contributed by atoms with Crippen LogP contribution in [0, 0.1) is 16.3 Å². The first-order valence-electron chi connectivity index (χ1n) is 4.16. The zero-order valence-corrected chi connectivity index (χ0v) is 9.93. The average molecular weight is 316 g/mol. The molecule has 76 valence electrons. The van der Waals surface area contributed by atoms with Crippen molar-refractivity contribution in [2.75, 3.05) is 0 Å². The van der Waals surface area contributed by atoms with E-state index in [0.717, 1.165) is 0 Å². The van der Waals surface area contributed by atoms with Gasteiger partial charge in [-0.05, 0) is 47.7 Å². The van der Waals surface area contributed by atoms with Crippen molar-refractivity contribution in [3.8, 4) is 11.4 Å². The molecular weight excluding hydrogens is 310 g/mol. The number of rotatable bonds is 1. The lowest BCUT2D eigenvalue weighted by Crippen LogP contribution is -1.99. The number of aromatic nitrogens is 4. The molecule has 0 aliphatic carbocycles. The van der Waals surface area contributed by atoms with Crippen molar-refractivity contribution in [2.45, 2.75) is 6.92 Å². The summed E-state index contributed by atoms with van der Waals surface area (Å²) in [6, 6.07) is 4.77. The largest absolute Gasteiger partial charge is 0.206 e. The number of hydrogen-bond donors (Lipinski definition) is 0. The Morgan fingerprint density at radius 3 is 2.40 bits per heavy atom. The van der Waals surface area contributed by atoms with E-state index in [0.29, 0.717) is 20.8 Å². The van der Waals surface area contributed by atoms with Gasteiger partial charge in [-0.25, -0.2) is 4.39 Å². The van der Waals surface area contributed by atoms with Gasteiger partial charge in [0.15, 0.2) is 5.82 Å². The minimum Gasteiger partial charge on any atom is -0.206 e. The summed E-state index contributed by atoms with van der Waals surface area (Å²) in [5.41, 5.74) is 0.577. The van der Waals surface area contributed by atoms with Gasteiger partial charge in [-0.1, -0.05) is 0 Å². The number of hydrogen-bond acceptors (Lipinski definition) is 4. The summed E-state index contributed by atoms with van der Waals surface area (Å²) in [5.74, 6) is 0.526. The second-order valence-corrected chi connectivity index (χ2v) is 4.06. The fourth-order valence-electron chi connectivity index (χ4n) is 1.03. The molecule has 1 aromatic carbocycles. The molecule has 0 unspecified atom stereocenters. The summed E-state index contributed by atoms with van der Waals surface area (Å²) in [6.07, 6.45) is 0. The lowest BCUT2D eigenvalue weighted by atomic mass is 10.2. The van der Waals surface area contributed by atoms with E-state index in [9.17, 15) is 4.39 Å². The Morgan fingerprint density at radius 1 is 1.13 bits per heavy atom. The predicted molar refractivity (Wildman–Crippen MR) is 60.5 cm³/mol. The summed E-state index contributed by atoms with van der Waals surface area (Å²) in [4.78, 5) is 0. The highest BCUT2D eigenvalue weighted by Crippen LogP contribution is 2.18. The maximum Gasteiger partial charge on any atom is 0.203 e. The van der Waals surface area contributed by atoms with Gasteiger partial charge in [-0.2, -0.15) is 0 Å². The standard InChI is InChI=1S/C9H6FIN4/c1-5-12-14-9(15-13-5)6-2-3-8(11)7(10)4-6/h2-4H,1H3. The van der Waals surface area contributed by atoms with E-state index in [4.69, 9.17) is 0 Å². The van der Waals surface area contributed by atoms with Crippen molar-refractivity contribution in [1.82, 2.24) is 20.4 Å². The highest BCUT2D eigenvalue weighted by molar-refractivity contribution is 14.1. The second-order valence-electron chi connectivity index (χ2n) is 2.90. The molecule has 0 aliphatic heterocycles. The van der Waals surface area contributed by atoms with E-state index in [1.165, 1.54) is 6.07 Å². The molecule has 1 aromatic heterocycles. The van der Waals surface area contributed by atoms with Crippen LogP contribution < -0.4 is 0 Å². The maximum absolute atomic E-state index is 13.2. The van der Waals surface area contributed by atoms with E-state index >= 15 is 0 Å². The number of benzene rings is 1. The first kappa shape index (κ1) is 10.3. The van der Waals surface area contributed by atoms with E-state index in [1.807, 2.05) is 22.6 Å². The van der Waals surface area contributed by atoms with Crippen molar-refractivity contribution in [3.63, 3.8) is 0 Å². The summed E-state index contributed by atoms with van der Waals surface area (Å²) < 4.78 is 13.8. The highest BCUT2D eigenvalue weighted by atomic mass is 127. The third-order valence-corrected chi connectivity index (χ3v) is 2.63. The molecule has 1 heterocycles. The van der Waals surface area contributed by atoms with Crippen molar-refractivity contribution >= 4 is 22.6 Å². The van der Waals surface area contributed by atoms with Gasteiger partial charge in [0.1, 0.15) is 5.82 Å². The molecule has 0 saturated heterocycles. The van der Waals surface area contributed by atoms with Crippen LogP contribution in [0.3, 0.4) is 0 Å². The van der Waals surface area contributed by atoms with Crippen LogP contribution in [0.1, 0.15) is 5.82 Å². The zero-order valence-electron chi connectivity index (χ0n) is 7.78. The third-order valence-electron chi connectivity index (χ3n) is 1.76. The molecule has 15 heavy (non-hydrogen) atoms. The van der Waals surface area contributed by atoms with Crippen molar-refractivity contribution in [3.05, 3.63) is 33.4 Å². The summed E-state index contributed by atoms with van der Waals surface area (Å²) in [7, 11) is 0. The lowest BCUT2D eigenvalue weighted by Gasteiger charge is -1.99. The first-order chi connectivity index (χ1) is 7.16. The van der Waals surface area contributed by atoms with Crippen LogP contribution in [-0.4, -0.2) is 20.4 Å². The maximum atomic E-state index is 13.2. The van der Waals surface area contributed by atoms with E-state index in [1.54, 1.807) is 19.1 Å². The topological polar surface area (TPSA) is 51.6 Å². The zero-order chi connectivity index (χ0) is 10.8. The fraction of sp³-hybridized carbons (Fsp3) is 0.111. The lowest BCUT2D eigenvalue weighted by molar-refractivity contribution is 0.620. The second kappa shape index (κ2) is 4.13. The Balaban J connectivity index is 2.45. The van der Waals surface area contributed by atoms with Crippen LogP contribution in [-0.2, 0) is 0 Å². The molecule has 0 N–H and O–H groups in total. The molecule has 0 saturated carbocycles. The normalized spacial score (nSPS) is 10.3. The Morgan fingerprint density at radius 2 is 1.80 bits per heavy atom. The van der Waals surface area contributed by atoms with Crippen molar-refractivity contribution in [1.29, 1.82) is 0 Å². The number of aryl methyl sites for hydroxylation is 1. The Kier molecular flexibility index (Phi) is 2.85. The van der Waals surface area contributed by atoms with Crippen molar-refractivity contribution < 1.29 is 4.39 Å². The molecule has 0 aliphatic rings. The number of halogens is 2. The Bertz CT molecular complexity index is 486. The fourth-order valence-corrected chi connectivity index (χ4v) is 1.37. The van der Waals surface area contributed by atoms with Gasteiger partial charge in [0.25, 0.3) is 0 Å². The van der Waals surface area contributed by atoms with Crippen LogP contribution in [0.2, 0.25) is 0 Å². The SMILES string of the molecule is Cc1nnc(-c2ccc(I)c(F)c2)nn1. The Labute approximate surface area is 99.1 Å². The molecule has 2 aromatic rings. The monoisotopic (exact) mass is 316 g/mol. The molecule has 0 atom stereocenters. The minimum atomic E-state index is -0.294. The summed E-state index contributed by atoms with van der Waals surface area (Å²) in [6.45, 7) is 1.69. The van der Waals surface area contributed by atoms with Gasteiger partial charge in [-0.3, -0.25) is 0 Å². The smallest absolute Gasteiger partial charge is 0.203 e. The van der Waals surface area contributed by atoms with Gasteiger partial charge in [0.05, 0.1) is 0 Å². The quantitative estimate of drug-likeness (QED) is 0.755. The van der Waals surface area contributed by atoms with E-state index in [2.05, 4.69) is 20.4 Å². The van der Waals surface area contributed by atoms with Crippen molar-refractivity contribution in [2.24, 2.45) is 0 Å². The third kappa shape index (κ3) is 2.25. The van der Waals surface area contributed by atoms with Gasteiger partial charge >= 0.3 is 0 Å². The minimum absolute atomic E-state index is 0.294. The molecular formula is C9H6FIN4. The van der Waals surface area contributed by atoms with Crippen LogP contribution in [0.5, 0.6) is 0 Å². The molecule has 6 heteroatoms. The van der Waals surface area contributed by atoms with Gasteiger partial charge in [0.2, 0.25) is 5.82 Å². The van der Waals surface area contributed by atoms with Crippen LogP contribution in [0.4, 0.5) is 4.39 Å². The summed E-state index contributed by atoms with van der Waals surface area (Å²) >= 11 is 1.92. The molecule has 0 spiro atoms. The molecule has 2 rings (SSSR count). The van der Waals surface area contributed by atoms with E-state index in [-0.39, 0.29) is 5.82 Å². The summed E-state index contributed by atoms with van der Waals surface area (Å²) in [5, 5.41) is 15.2. The highest BCUT2D eigenvalue weighted by Gasteiger charge is 2.06. The van der Waals surface area contributed by atoms with Gasteiger partial charge < -0.3 is 0 Å². The van der Waals surface area contributed by atoms with Crippen LogP contribution in [0.15, 0.2) is 18.2 Å². The molecule has 4 nitrogen and oxygen atoms in total. The van der Waals surface area contributed by atoms with Gasteiger partial charge in [-0.15, -0.1) is 20.4 Å². The average Bonchev–Trinajstić information content (AvgIpc) is 2.23. The van der Waals surface area contributed by atoms with Crippen LogP contribution >= 0.6 is 22.6 Å². The first-order valence-corrected chi connectivity index (χ1v) is 5.24. The van der Waals surface area contributed by atoms with Crippen LogP contribution in [0.25, 0.3) is 11.4 Å². The van der Waals surface area contributed by atoms with E-state index < -0.39 is 0 Å². The molecule has 0 amide bonds.